The first-order valence-electron chi connectivity index (χ1n) is 15.1. The number of amides is 2. The van der Waals surface area contributed by atoms with Gasteiger partial charge in [0.1, 0.15) is 17.1 Å². The number of fused-ring (bicyclic) bond motifs is 1. The quantitative estimate of drug-likeness (QED) is 0.257. The minimum absolute atomic E-state index is 0.0391. The fourth-order valence-electron chi connectivity index (χ4n) is 5.65. The Morgan fingerprint density at radius 3 is 2.35 bits per heavy atom. The fraction of sp³-hybridized carbons (Fsp3) is 0.324. The second kappa shape index (κ2) is 12.8. The number of hydrogen-bond donors (Lipinski definition) is 0. The van der Waals surface area contributed by atoms with Crippen LogP contribution in [0.1, 0.15) is 49.3 Å². The monoisotopic (exact) mass is 697 g/mol. The van der Waals surface area contributed by atoms with Crippen LogP contribution in [-0.4, -0.2) is 59.9 Å². The van der Waals surface area contributed by atoms with Gasteiger partial charge in [0, 0.05) is 20.6 Å². The topological polar surface area (TPSA) is 114 Å². The third-order valence-electron chi connectivity index (χ3n) is 8.20. The van der Waals surface area contributed by atoms with Crippen LogP contribution in [0.3, 0.4) is 0 Å². The summed E-state index contributed by atoms with van der Waals surface area (Å²) >= 11 is 6.52. The second-order valence-corrected chi connectivity index (χ2v) is 15.0. The molecule has 1 aliphatic rings. The lowest BCUT2D eigenvalue weighted by atomic mass is 10.1. The van der Waals surface area contributed by atoms with Gasteiger partial charge in [-0.2, -0.15) is 0 Å². The van der Waals surface area contributed by atoms with Crippen LogP contribution < -0.4 is 14.8 Å². The number of para-hydroxylation sites is 1. The third kappa shape index (κ3) is 6.44. The van der Waals surface area contributed by atoms with Crippen molar-refractivity contribution in [2.75, 3.05) is 22.8 Å². The number of carbonyl (C=O) groups excluding carboxylic acids is 2. The SMILES string of the molecule is Cc1c(N(C)S(=O)(=O)c2ccc(Cl)c(C(=O)N3CC(C)N(C(=O)OC(C)(C)C)Cc4ccc(F)cc43)c2)c(=O)n(-c2ccccc2)n1C. The standard InChI is InChI=1S/C34H37ClFN5O6S/c1-21-19-40(29-17-24(36)14-13-23(29)20-39(21)33(44)47-34(3,4)5)31(42)27-18-26(15-16-28(27)35)48(45,46)38(7)30-22(2)37(6)41(32(30)43)25-11-9-8-10-12-25/h8-18,21H,19-20H2,1-7H3. The number of nitrogens with zero attached hydrogens (tertiary/aromatic N) is 5. The Labute approximate surface area is 283 Å². The van der Waals surface area contributed by atoms with Crippen molar-refractivity contribution in [3.63, 3.8) is 0 Å². The first kappa shape index (κ1) is 34.7. The zero-order valence-electron chi connectivity index (χ0n) is 27.7. The molecule has 11 nitrogen and oxygen atoms in total. The molecule has 0 spiro atoms. The molecule has 254 valence electrons. The zero-order valence-corrected chi connectivity index (χ0v) is 29.3. The van der Waals surface area contributed by atoms with Crippen molar-refractivity contribution in [2.24, 2.45) is 7.05 Å². The predicted molar refractivity (Wildman–Crippen MR) is 182 cm³/mol. The Morgan fingerprint density at radius 2 is 1.71 bits per heavy atom. The normalized spacial score (nSPS) is 15.1. The van der Waals surface area contributed by atoms with Crippen molar-refractivity contribution in [3.8, 4) is 5.69 Å². The lowest BCUT2D eigenvalue weighted by Gasteiger charge is -2.31. The Kier molecular flexibility index (Phi) is 9.23. The molecule has 2 amide bonds. The van der Waals surface area contributed by atoms with Gasteiger partial charge in [0.25, 0.3) is 21.5 Å². The number of aromatic nitrogens is 2. The summed E-state index contributed by atoms with van der Waals surface area (Å²) < 4.78 is 52.1. The van der Waals surface area contributed by atoms with E-state index >= 15 is 0 Å². The molecule has 1 aromatic heterocycles. The second-order valence-electron chi connectivity index (χ2n) is 12.7. The largest absolute Gasteiger partial charge is 0.444 e. The molecular formula is C34H37ClFN5O6S. The molecule has 0 saturated carbocycles. The molecule has 3 aromatic carbocycles. The lowest BCUT2D eigenvalue weighted by Crippen LogP contribution is -2.46. The van der Waals surface area contributed by atoms with Crippen molar-refractivity contribution in [2.45, 2.75) is 57.7 Å². The highest BCUT2D eigenvalue weighted by Gasteiger charge is 2.36. The first-order chi connectivity index (χ1) is 22.4. The van der Waals surface area contributed by atoms with E-state index in [1.165, 1.54) is 51.9 Å². The van der Waals surface area contributed by atoms with E-state index in [1.54, 1.807) is 76.7 Å². The molecule has 0 aliphatic carbocycles. The smallest absolute Gasteiger partial charge is 0.410 e. The maximum atomic E-state index is 14.6. The molecule has 1 unspecified atom stereocenters. The van der Waals surface area contributed by atoms with E-state index in [0.717, 1.165) is 10.4 Å². The molecule has 0 saturated heterocycles. The zero-order chi connectivity index (χ0) is 35.3. The lowest BCUT2D eigenvalue weighted by molar-refractivity contribution is 0.0167. The van der Waals surface area contributed by atoms with E-state index < -0.39 is 45.0 Å². The van der Waals surface area contributed by atoms with Crippen molar-refractivity contribution in [3.05, 3.63) is 105 Å². The van der Waals surface area contributed by atoms with Gasteiger partial charge in [-0.15, -0.1) is 0 Å². The number of carbonyl (C=O) groups is 2. The van der Waals surface area contributed by atoms with Gasteiger partial charge in [-0.3, -0.25) is 23.5 Å². The fourth-order valence-corrected chi connectivity index (χ4v) is 7.12. The van der Waals surface area contributed by atoms with Gasteiger partial charge in [0.05, 0.1) is 45.1 Å². The molecule has 48 heavy (non-hydrogen) atoms. The van der Waals surface area contributed by atoms with Crippen LogP contribution in [0.4, 0.5) is 20.6 Å². The molecule has 0 fully saturated rings. The Morgan fingerprint density at radius 1 is 1.04 bits per heavy atom. The number of rotatable bonds is 5. The van der Waals surface area contributed by atoms with Gasteiger partial charge in [-0.25, -0.2) is 22.3 Å². The minimum Gasteiger partial charge on any atom is -0.444 e. The van der Waals surface area contributed by atoms with Gasteiger partial charge < -0.3 is 9.64 Å². The van der Waals surface area contributed by atoms with Crippen LogP contribution in [0.5, 0.6) is 0 Å². The van der Waals surface area contributed by atoms with E-state index in [2.05, 4.69) is 0 Å². The summed E-state index contributed by atoms with van der Waals surface area (Å²) in [5, 5.41) is -0.0391. The third-order valence-corrected chi connectivity index (χ3v) is 10.3. The average Bonchev–Trinajstić information content (AvgIpc) is 3.14. The molecule has 4 aromatic rings. The molecule has 1 aliphatic heterocycles. The average molecular weight is 698 g/mol. The highest BCUT2D eigenvalue weighted by Crippen LogP contribution is 2.33. The maximum Gasteiger partial charge on any atom is 0.410 e. The number of halogens is 2. The van der Waals surface area contributed by atoms with Crippen LogP contribution in [0.2, 0.25) is 5.02 Å². The Bertz CT molecular complexity index is 2070. The summed E-state index contributed by atoms with van der Waals surface area (Å²) in [4.78, 5) is 43.5. The summed E-state index contributed by atoms with van der Waals surface area (Å²) in [6, 6.07) is 15.8. The van der Waals surface area contributed by atoms with E-state index in [-0.39, 0.29) is 39.9 Å². The number of ether oxygens (including phenoxy) is 1. The molecular weight excluding hydrogens is 661 g/mol. The van der Waals surface area contributed by atoms with E-state index in [9.17, 15) is 27.2 Å². The summed E-state index contributed by atoms with van der Waals surface area (Å²) in [7, 11) is -1.48. The highest BCUT2D eigenvalue weighted by molar-refractivity contribution is 7.92. The van der Waals surface area contributed by atoms with E-state index in [0.29, 0.717) is 16.9 Å². The first-order valence-corrected chi connectivity index (χ1v) is 17.0. The Balaban J connectivity index is 1.54. The van der Waals surface area contributed by atoms with Crippen molar-refractivity contribution in [1.82, 2.24) is 14.3 Å². The van der Waals surface area contributed by atoms with Gasteiger partial charge >= 0.3 is 6.09 Å². The number of hydrogen-bond acceptors (Lipinski definition) is 6. The Hall–Kier alpha value is -4.62. The van der Waals surface area contributed by atoms with Crippen molar-refractivity contribution < 1.29 is 27.1 Å². The minimum atomic E-state index is -4.40. The number of benzene rings is 3. The summed E-state index contributed by atoms with van der Waals surface area (Å²) in [6.07, 6.45) is -0.601. The molecule has 0 N–H and O–H groups in total. The van der Waals surface area contributed by atoms with Crippen LogP contribution in [0, 0.1) is 12.7 Å². The maximum absolute atomic E-state index is 14.6. The predicted octanol–water partition coefficient (Wildman–Crippen LogP) is 5.89. The van der Waals surface area contributed by atoms with Crippen LogP contribution in [0.15, 0.2) is 76.4 Å². The summed E-state index contributed by atoms with van der Waals surface area (Å²) in [5.74, 6) is -1.31. The summed E-state index contributed by atoms with van der Waals surface area (Å²) in [5.41, 5.74) is 0.0795. The molecule has 5 rings (SSSR count). The van der Waals surface area contributed by atoms with Gasteiger partial charge in [0.2, 0.25) is 0 Å². The van der Waals surface area contributed by atoms with Crippen LogP contribution >= 0.6 is 11.6 Å². The van der Waals surface area contributed by atoms with Crippen molar-refractivity contribution in [1.29, 1.82) is 0 Å². The number of anilines is 2. The molecule has 14 heteroatoms. The van der Waals surface area contributed by atoms with Crippen molar-refractivity contribution >= 4 is 45.0 Å². The molecule has 2 heterocycles. The highest BCUT2D eigenvalue weighted by atomic mass is 35.5. The molecule has 0 bridgehead atoms. The van der Waals surface area contributed by atoms with Gasteiger partial charge in [0.15, 0.2) is 0 Å². The van der Waals surface area contributed by atoms with Crippen LogP contribution in [0.25, 0.3) is 5.69 Å². The van der Waals surface area contributed by atoms with E-state index in [1.807, 2.05) is 0 Å². The van der Waals surface area contributed by atoms with Gasteiger partial charge in [-0.1, -0.05) is 35.9 Å². The number of sulfonamides is 1. The van der Waals surface area contributed by atoms with E-state index in [4.69, 9.17) is 16.3 Å². The van der Waals surface area contributed by atoms with Gasteiger partial charge in [-0.05, 0) is 82.6 Å². The van der Waals surface area contributed by atoms with Crippen LogP contribution in [-0.2, 0) is 28.4 Å². The molecule has 0 radical (unpaired) electrons. The summed E-state index contributed by atoms with van der Waals surface area (Å²) in [6.45, 7) is 8.56. The molecule has 1 atom stereocenters.